The van der Waals surface area contributed by atoms with Gasteiger partial charge in [0, 0.05) is 6.04 Å². The smallest absolute Gasteiger partial charge is 0.234 e. The van der Waals surface area contributed by atoms with Crippen LogP contribution in [0.3, 0.4) is 0 Å². The molecular weight excluding hydrogens is 224 g/mol. The number of nitrogens with two attached hydrogens (primary N) is 1. The lowest BCUT2D eigenvalue weighted by atomic mass is 10.0. The van der Waals surface area contributed by atoms with Crippen molar-refractivity contribution in [2.75, 3.05) is 0 Å². The normalized spacial score (nSPS) is 12.9. The maximum Gasteiger partial charge on any atom is 0.234 e. The van der Waals surface area contributed by atoms with E-state index in [9.17, 15) is 4.79 Å². The highest BCUT2D eigenvalue weighted by molar-refractivity contribution is 5.79. The van der Waals surface area contributed by atoms with Gasteiger partial charge in [-0.3, -0.25) is 4.79 Å². The zero-order valence-electron chi connectivity index (χ0n) is 12.5. The summed E-state index contributed by atoms with van der Waals surface area (Å²) >= 11 is 0. The molecule has 0 fully saturated rings. The van der Waals surface area contributed by atoms with E-state index < -0.39 is 0 Å². The highest BCUT2D eigenvalue weighted by atomic mass is 16.1. The minimum absolute atomic E-state index is 0.148. The molecule has 0 rings (SSSR count). The van der Waals surface area contributed by atoms with E-state index in [1.165, 1.54) is 44.9 Å². The van der Waals surface area contributed by atoms with E-state index in [4.69, 9.17) is 5.73 Å². The van der Waals surface area contributed by atoms with E-state index >= 15 is 0 Å². The summed E-state index contributed by atoms with van der Waals surface area (Å²) in [5.41, 5.74) is 5.38. The van der Waals surface area contributed by atoms with Crippen molar-refractivity contribution < 1.29 is 4.79 Å². The van der Waals surface area contributed by atoms with Crippen LogP contribution in [-0.2, 0) is 4.79 Å². The highest BCUT2D eigenvalue weighted by Gasteiger charge is 2.14. The van der Waals surface area contributed by atoms with Crippen molar-refractivity contribution in [3.8, 4) is 0 Å². The quantitative estimate of drug-likeness (QED) is 0.526. The van der Waals surface area contributed by atoms with E-state index in [1.807, 2.05) is 13.8 Å². The topological polar surface area (TPSA) is 55.1 Å². The fourth-order valence-corrected chi connectivity index (χ4v) is 2.19. The van der Waals surface area contributed by atoms with Gasteiger partial charge >= 0.3 is 0 Å². The SMILES string of the molecule is CCCCCCCCCCC(NC(C)C)C(N)=O. The van der Waals surface area contributed by atoms with E-state index in [0.717, 1.165) is 12.8 Å². The van der Waals surface area contributed by atoms with Gasteiger partial charge in [0.2, 0.25) is 5.91 Å². The minimum Gasteiger partial charge on any atom is -0.368 e. The summed E-state index contributed by atoms with van der Waals surface area (Å²) in [7, 11) is 0. The van der Waals surface area contributed by atoms with Crippen molar-refractivity contribution in [1.29, 1.82) is 0 Å². The molecule has 0 aliphatic rings. The molecule has 0 aromatic heterocycles. The van der Waals surface area contributed by atoms with Crippen molar-refractivity contribution in [3.63, 3.8) is 0 Å². The molecule has 1 atom stereocenters. The summed E-state index contributed by atoms with van der Waals surface area (Å²) in [6, 6.07) is 0.168. The van der Waals surface area contributed by atoms with Gasteiger partial charge in [0.25, 0.3) is 0 Å². The predicted molar refractivity (Wildman–Crippen MR) is 78.5 cm³/mol. The highest BCUT2D eigenvalue weighted by Crippen LogP contribution is 2.10. The Labute approximate surface area is 113 Å². The number of carbonyl (C=O) groups excluding carboxylic acids is 1. The molecular formula is C15H32N2O. The van der Waals surface area contributed by atoms with Crippen LogP contribution in [0.5, 0.6) is 0 Å². The summed E-state index contributed by atoms with van der Waals surface area (Å²) in [5.74, 6) is -0.216. The molecule has 3 heteroatoms. The zero-order chi connectivity index (χ0) is 13.8. The molecule has 0 aromatic carbocycles. The number of amides is 1. The van der Waals surface area contributed by atoms with Crippen LogP contribution in [0.1, 0.15) is 78.6 Å². The van der Waals surface area contributed by atoms with E-state index in [1.54, 1.807) is 0 Å². The summed E-state index contributed by atoms with van der Waals surface area (Å²) in [5, 5.41) is 3.22. The Hall–Kier alpha value is -0.570. The van der Waals surface area contributed by atoms with E-state index in [0.29, 0.717) is 6.04 Å². The number of hydrogen-bond donors (Lipinski definition) is 2. The van der Waals surface area contributed by atoms with Crippen LogP contribution >= 0.6 is 0 Å². The molecule has 1 unspecified atom stereocenters. The monoisotopic (exact) mass is 256 g/mol. The Morgan fingerprint density at radius 3 is 1.94 bits per heavy atom. The fourth-order valence-electron chi connectivity index (χ4n) is 2.19. The molecule has 0 saturated carbocycles. The lowest BCUT2D eigenvalue weighted by Gasteiger charge is -2.17. The second kappa shape index (κ2) is 11.5. The number of unbranched alkanes of at least 4 members (excludes halogenated alkanes) is 7. The van der Waals surface area contributed by atoms with Gasteiger partial charge < -0.3 is 11.1 Å². The van der Waals surface area contributed by atoms with Crippen molar-refractivity contribution in [2.45, 2.75) is 90.6 Å². The third-order valence-corrected chi connectivity index (χ3v) is 3.22. The molecule has 0 bridgehead atoms. The first kappa shape index (κ1) is 17.4. The molecule has 108 valence electrons. The van der Waals surface area contributed by atoms with Crippen molar-refractivity contribution in [2.24, 2.45) is 5.73 Å². The van der Waals surface area contributed by atoms with Crippen LogP contribution in [0, 0.1) is 0 Å². The molecule has 0 aliphatic heterocycles. The van der Waals surface area contributed by atoms with Crippen LogP contribution in [0.15, 0.2) is 0 Å². The first-order valence-corrected chi connectivity index (χ1v) is 7.63. The minimum atomic E-state index is -0.216. The third-order valence-electron chi connectivity index (χ3n) is 3.22. The summed E-state index contributed by atoms with van der Waals surface area (Å²) in [4.78, 5) is 11.2. The van der Waals surface area contributed by atoms with Gasteiger partial charge in [0.05, 0.1) is 6.04 Å². The summed E-state index contributed by atoms with van der Waals surface area (Å²) in [6.45, 7) is 6.33. The molecule has 0 aliphatic carbocycles. The number of primary amides is 1. The van der Waals surface area contributed by atoms with Gasteiger partial charge in [-0.25, -0.2) is 0 Å². The van der Waals surface area contributed by atoms with Gasteiger partial charge in [-0.1, -0.05) is 72.1 Å². The predicted octanol–water partition coefficient (Wildman–Crippen LogP) is 3.37. The standard InChI is InChI=1S/C15H32N2O/c1-4-5-6-7-8-9-10-11-12-14(15(16)18)17-13(2)3/h13-14,17H,4-12H2,1-3H3,(H2,16,18). The van der Waals surface area contributed by atoms with E-state index in [2.05, 4.69) is 12.2 Å². The summed E-state index contributed by atoms with van der Waals surface area (Å²) < 4.78 is 0. The maximum atomic E-state index is 11.2. The third kappa shape index (κ3) is 10.6. The number of carbonyl (C=O) groups is 1. The van der Waals surface area contributed by atoms with Gasteiger partial charge in [0.1, 0.15) is 0 Å². The van der Waals surface area contributed by atoms with Gasteiger partial charge in [0.15, 0.2) is 0 Å². The number of rotatable bonds is 12. The average molecular weight is 256 g/mol. The Morgan fingerprint density at radius 1 is 1.00 bits per heavy atom. The molecule has 0 aromatic rings. The maximum absolute atomic E-state index is 11.2. The molecule has 0 heterocycles. The Morgan fingerprint density at radius 2 is 1.50 bits per heavy atom. The second-order valence-electron chi connectivity index (χ2n) is 5.54. The number of nitrogens with one attached hydrogen (secondary N) is 1. The van der Waals surface area contributed by atoms with Crippen LogP contribution < -0.4 is 11.1 Å². The van der Waals surface area contributed by atoms with E-state index in [-0.39, 0.29) is 11.9 Å². The molecule has 0 spiro atoms. The number of hydrogen-bond acceptors (Lipinski definition) is 2. The average Bonchev–Trinajstić information content (AvgIpc) is 2.30. The molecule has 3 N–H and O–H groups in total. The Bertz CT molecular complexity index is 205. The zero-order valence-corrected chi connectivity index (χ0v) is 12.5. The van der Waals surface area contributed by atoms with Crippen LogP contribution in [0.2, 0.25) is 0 Å². The van der Waals surface area contributed by atoms with Crippen molar-refractivity contribution in [1.82, 2.24) is 5.32 Å². The molecule has 1 amide bonds. The van der Waals surface area contributed by atoms with Crippen LogP contribution in [-0.4, -0.2) is 18.0 Å². The largest absolute Gasteiger partial charge is 0.368 e. The molecule has 3 nitrogen and oxygen atoms in total. The molecule has 0 radical (unpaired) electrons. The lowest BCUT2D eigenvalue weighted by molar-refractivity contribution is -0.120. The lowest BCUT2D eigenvalue weighted by Crippen LogP contribution is -2.44. The molecule has 18 heavy (non-hydrogen) atoms. The molecule has 0 saturated heterocycles. The van der Waals surface area contributed by atoms with Gasteiger partial charge in [-0.05, 0) is 6.42 Å². The second-order valence-corrected chi connectivity index (χ2v) is 5.54. The van der Waals surface area contributed by atoms with Gasteiger partial charge in [-0.2, -0.15) is 0 Å². The van der Waals surface area contributed by atoms with Gasteiger partial charge in [-0.15, -0.1) is 0 Å². The van der Waals surface area contributed by atoms with Crippen LogP contribution in [0.4, 0.5) is 0 Å². The van der Waals surface area contributed by atoms with Crippen molar-refractivity contribution >= 4 is 5.91 Å². The fraction of sp³-hybridized carbons (Fsp3) is 0.933. The first-order valence-electron chi connectivity index (χ1n) is 7.63. The Kier molecular flexibility index (Phi) is 11.2. The van der Waals surface area contributed by atoms with Crippen LogP contribution in [0.25, 0.3) is 0 Å². The summed E-state index contributed by atoms with van der Waals surface area (Å²) in [6.07, 6.45) is 11.2. The first-order chi connectivity index (χ1) is 8.57. The Balaban J connectivity index is 3.47. The van der Waals surface area contributed by atoms with Crippen molar-refractivity contribution in [3.05, 3.63) is 0 Å².